The van der Waals surface area contributed by atoms with Gasteiger partial charge in [0.15, 0.2) is 0 Å². The quantitative estimate of drug-likeness (QED) is 0.618. The van der Waals surface area contributed by atoms with E-state index in [1.807, 2.05) is 48.5 Å². The molecule has 10 heteroatoms. The number of amides is 3. The Bertz CT molecular complexity index is 1190. The molecule has 2 N–H and O–H groups in total. The number of likely N-dealkylation sites (tertiary alicyclic amines) is 2. The van der Waals surface area contributed by atoms with Crippen molar-refractivity contribution in [3.05, 3.63) is 59.7 Å². The lowest BCUT2D eigenvalue weighted by Crippen LogP contribution is -2.52. The van der Waals surface area contributed by atoms with E-state index in [9.17, 15) is 28.7 Å². The van der Waals surface area contributed by atoms with Crippen LogP contribution in [0.25, 0.3) is 11.1 Å². The lowest BCUT2D eigenvalue weighted by Gasteiger charge is -2.29. The number of carbonyl (C=O) groups excluding carboxylic acids is 3. The van der Waals surface area contributed by atoms with Crippen molar-refractivity contribution in [3.63, 3.8) is 0 Å². The Hall–Kier alpha value is -3.95. The van der Waals surface area contributed by atoms with Gasteiger partial charge in [-0.1, -0.05) is 48.5 Å². The molecule has 194 valence electrons. The summed E-state index contributed by atoms with van der Waals surface area (Å²) in [4.78, 5) is 52.1. The molecule has 3 amide bonds. The summed E-state index contributed by atoms with van der Waals surface area (Å²) in [6, 6.07) is 13.8. The van der Waals surface area contributed by atoms with Gasteiger partial charge >= 0.3 is 12.1 Å². The number of nitrogens with one attached hydrogen (secondary N) is 1. The molecule has 0 aromatic heterocycles. The second-order valence-corrected chi connectivity index (χ2v) is 9.60. The van der Waals surface area contributed by atoms with Crippen molar-refractivity contribution >= 4 is 23.9 Å². The first-order valence-corrected chi connectivity index (χ1v) is 12.4. The summed E-state index contributed by atoms with van der Waals surface area (Å²) < 4.78 is 19.3. The third-order valence-electron chi connectivity index (χ3n) is 7.40. The number of alkyl carbamates (subject to hydrolysis) is 1. The van der Waals surface area contributed by atoms with Crippen LogP contribution in [0.4, 0.5) is 9.18 Å². The molecule has 2 saturated heterocycles. The van der Waals surface area contributed by atoms with Crippen LogP contribution in [0.1, 0.15) is 36.3 Å². The topological polar surface area (TPSA) is 116 Å². The van der Waals surface area contributed by atoms with Crippen molar-refractivity contribution in [2.45, 2.75) is 43.4 Å². The molecule has 2 fully saturated rings. The van der Waals surface area contributed by atoms with E-state index in [1.165, 1.54) is 4.90 Å². The van der Waals surface area contributed by atoms with Gasteiger partial charge in [-0.05, 0) is 35.1 Å². The van der Waals surface area contributed by atoms with Gasteiger partial charge in [-0.25, -0.2) is 14.0 Å². The van der Waals surface area contributed by atoms with Gasteiger partial charge in [-0.3, -0.25) is 9.59 Å². The maximum absolute atomic E-state index is 13.8. The third-order valence-corrected chi connectivity index (χ3v) is 7.40. The standard InChI is InChI=1S/C27H28FN3O6/c28-16-12-23(26(34)35)31(14-16)25(33)22-10-5-11-30(22)24(32)13-29-27(36)37-15-21-19-8-3-1-6-17(19)18-7-2-4-9-20(18)21/h1-4,6-9,16,21-23H,5,10-15H2,(H,29,36)(H,34,35)/t16-,22+,23+/m1/s1. The normalized spacial score (nSPS) is 22.5. The first-order chi connectivity index (χ1) is 17.8. The van der Waals surface area contributed by atoms with Crippen LogP contribution in [0.5, 0.6) is 0 Å². The van der Waals surface area contributed by atoms with E-state index in [0.717, 1.165) is 27.2 Å². The minimum absolute atomic E-state index is 0.106. The van der Waals surface area contributed by atoms with E-state index < -0.39 is 42.1 Å². The Balaban J connectivity index is 1.16. The van der Waals surface area contributed by atoms with Crippen molar-refractivity contribution in [3.8, 4) is 11.1 Å². The number of carboxylic acid groups (broad SMARTS) is 1. The first-order valence-electron chi connectivity index (χ1n) is 12.4. The van der Waals surface area contributed by atoms with E-state index in [0.29, 0.717) is 19.4 Å². The number of nitrogens with zero attached hydrogens (tertiary/aromatic N) is 2. The zero-order chi connectivity index (χ0) is 26.1. The highest BCUT2D eigenvalue weighted by atomic mass is 19.1. The van der Waals surface area contributed by atoms with E-state index in [1.54, 1.807) is 0 Å². The van der Waals surface area contributed by atoms with E-state index in [2.05, 4.69) is 5.32 Å². The summed E-state index contributed by atoms with van der Waals surface area (Å²) in [6.07, 6.45) is -1.51. The maximum atomic E-state index is 13.8. The number of aliphatic carboxylic acids is 1. The molecule has 0 spiro atoms. The molecule has 3 aliphatic rings. The molecule has 0 radical (unpaired) electrons. The molecule has 0 bridgehead atoms. The first kappa shape index (κ1) is 24.7. The number of carbonyl (C=O) groups is 4. The SMILES string of the molecule is O=C(NCC(=O)N1CCC[C@H]1C(=O)N1C[C@H](F)C[C@H]1C(=O)O)OCC1c2ccccc2-c2ccccc21. The summed E-state index contributed by atoms with van der Waals surface area (Å²) >= 11 is 0. The predicted molar refractivity (Wildman–Crippen MR) is 130 cm³/mol. The molecular weight excluding hydrogens is 481 g/mol. The molecule has 2 heterocycles. The molecule has 1 aliphatic carbocycles. The minimum Gasteiger partial charge on any atom is -0.480 e. The van der Waals surface area contributed by atoms with Crippen molar-refractivity contribution in [2.75, 3.05) is 26.2 Å². The number of hydrogen-bond donors (Lipinski definition) is 2. The fourth-order valence-electron chi connectivity index (χ4n) is 5.67. The van der Waals surface area contributed by atoms with Gasteiger partial charge in [0.2, 0.25) is 11.8 Å². The molecule has 37 heavy (non-hydrogen) atoms. The van der Waals surface area contributed by atoms with Gasteiger partial charge in [-0.2, -0.15) is 0 Å². The summed E-state index contributed by atoms with van der Waals surface area (Å²) in [5.41, 5.74) is 4.36. The summed E-state index contributed by atoms with van der Waals surface area (Å²) in [7, 11) is 0. The van der Waals surface area contributed by atoms with Crippen LogP contribution >= 0.6 is 0 Å². The molecule has 2 aliphatic heterocycles. The highest BCUT2D eigenvalue weighted by Gasteiger charge is 2.45. The molecule has 2 aromatic carbocycles. The van der Waals surface area contributed by atoms with Crippen LogP contribution in [-0.2, 0) is 19.1 Å². The number of benzene rings is 2. The van der Waals surface area contributed by atoms with Crippen LogP contribution in [0.3, 0.4) is 0 Å². The molecule has 2 aromatic rings. The third kappa shape index (κ3) is 4.75. The number of hydrogen-bond acceptors (Lipinski definition) is 5. The average molecular weight is 510 g/mol. The monoisotopic (exact) mass is 509 g/mol. The van der Waals surface area contributed by atoms with Crippen LogP contribution < -0.4 is 5.32 Å². The highest BCUT2D eigenvalue weighted by molar-refractivity contribution is 5.92. The van der Waals surface area contributed by atoms with Crippen molar-refractivity contribution in [1.82, 2.24) is 15.1 Å². The number of alkyl halides is 1. The summed E-state index contributed by atoms with van der Waals surface area (Å²) in [6.45, 7) is -0.262. The summed E-state index contributed by atoms with van der Waals surface area (Å²) in [5.74, 6) is -2.43. The van der Waals surface area contributed by atoms with Crippen molar-refractivity contribution in [2.24, 2.45) is 0 Å². The van der Waals surface area contributed by atoms with Gasteiger partial charge in [0, 0.05) is 18.9 Å². The minimum atomic E-state index is -1.41. The Morgan fingerprint density at radius 2 is 1.62 bits per heavy atom. The number of carboxylic acids is 1. The zero-order valence-electron chi connectivity index (χ0n) is 20.1. The fourth-order valence-corrected chi connectivity index (χ4v) is 5.67. The Labute approximate surface area is 213 Å². The number of fused-ring (bicyclic) bond motifs is 3. The number of rotatable bonds is 6. The molecule has 3 atom stereocenters. The van der Waals surface area contributed by atoms with Gasteiger partial charge in [0.05, 0.1) is 6.54 Å². The van der Waals surface area contributed by atoms with E-state index in [-0.39, 0.29) is 32.0 Å². The Morgan fingerprint density at radius 3 is 2.27 bits per heavy atom. The largest absolute Gasteiger partial charge is 0.480 e. The Kier molecular flexibility index (Phi) is 6.82. The zero-order valence-corrected chi connectivity index (χ0v) is 20.1. The van der Waals surface area contributed by atoms with Gasteiger partial charge in [0.25, 0.3) is 0 Å². The molecule has 5 rings (SSSR count). The lowest BCUT2D eigenvalue weighted by molar-refractivity contribution is -0.151. The lowest BCUT2D eigenvalue weighted by atomic mass is 9.98. The molecule has 9 nitrogen and oxygen atoms in total. The Morgan fingerprint density at radius 1 is 0.973 bits per heavy atom. The number of halogens is 1. The predicted octanol–water partition coefficient (Wildman–Crippen LogP) is 2.54. The second kappa shape index (κ2) is 10.2. The van der Waals surface area contributed by atoms with E-state index in [4.69, 9.17) is 4.74 Å². The van der Waals surface area contributed by atoms with Crippen LogP contribution in [0.15, 0.2) is 48.5 Å². The van der Waals surface area contributed by atoms with Crippen LogP contribution in [0, 0.1) is 0 Å². The van der Waals surface area contributed by atoms with Gasteiger partial charge in [-0.15, -0.1) is 0 Å². The number of ether oxygens (including phenoxy) is 1. The maximum Gasteiger partial charge on any atom is 0.407 e. The summed E-state index contributed by atoms with van der Waals surface area (Å²) in [5, 5.41) is 11.8. The van der Waals surface area contributed by atoms with Crippen molar-refractivity contribution < 1.29 is 33.4 Å². The second-order valence-electron chi connectivity index (χ2n) is 9.60. The van der Waals surface area contributed by atoms with Gasteiger partial charge in [0.1, 0.15) is 31.4 Å². The fraction of sp³-hybridized carbons (Fsp3) is 0.407. The van der Waals surface area contributed by atoms with Crippen LogP contribution in [-0.4, -0.2) is 83.3 Å². The average Bonchev–Trinajstić information content (AvgIpc) is 3.61. The molecular formula is C27H28FN3O6. The van der Waals surface area contributed by atoms with Crippen molar-refractivity contribution in [1.29, 1.82) is 0 Å². The molecule has 0 saturated carbocycles. The highest BCUT2D eigenvalue weighted by Crippen LogP contribution is 2.44. The van der Waals surface area contributed by atoms with E-state index >= 15 is 0 Å². The smallest absolute Gasteiger partial charge is 0.407 e. The van der Waals surface area contributed by atoms with Crippen LogP contribution in [0.2, 0.25) is 0 Å². The molecule has 0 unspecified atom stereocenters. The van der Waals surface area contributed by atoms with Gasteiger partial charge < -0.3 is 25.0 Å².